The van der Waals surface area contributed by atoms with Crippen LogP contribution in [0, 0.1) is 0 Å². The van der Waals surface area contributed by atoms with Gasteiger partial charge in [0.1, 0.15) is 5.82 Å². The van der Waals surface area contributed by atoms with Gasteiger partial charge in [-0.15, -0.1) is 0 Å². The predicted octanol–water partition coefficient (Wildman–Crippen LogP) is 3.28. The standard InChI is InChI=1S/C17H20N4O2S2/c1-3-21(4-2)25(22,23)13-8-9-14-15(11-13)20-16(19-14)12-24-17-7-5-6-10-18-17/h5-11H,3-4,12H2,1-2H3,(H,19,20). The number of nitrogens with one attached hydrogen (secondary N) is 1. The molecule has 0 aliphatic rings. The summed E-state index contributed by atoms with van der Waals surface area (Å²) in [4.78, 5) is 12.3. The van der Waals surface area contributed by atoms with Gasteiger partial charge in [0.2, 0.25) is 10.0 Å². The van der Waals surface area contributed by atoms with E-state index in [9.17, 15) is 8.42 Å². The summed E-state index contributed by atoms with van der Waals surface area (Å²) in [6.07, 6.45) is 1.76. The number of sulfonamides is 1. The van der Waals surface area contributed by atoms with E-state index in [1.54, 1.807) is 36.2 Å². The minimum absolute atomic E-state index is 0.288. The molecule has 0 atom stereocenters. The van der Waals surface area contributed by atoms with Crippen molar-refractivity contribution in [2.24, 2.45) is 0 Å². The second-order valence-electron chi connectivity index (χ2n) is 5.41. The van der Waals surface area contributed by atoms with Crippen LogP contribution in [0.3, 0.4) is 0 Å². The molecule has 132 valence electrons. The van der Waals surface area contributed by atoms with Crippen molar-refractivity contribution in [3.05, 3.63) is 48.4 Å². The zero-order valence-corrected chi connectivity index (χ0v) is 15.8. The molecule has 0 aliphatic carbocycles. The van der Waals surface area contributed by atoms with Crippen LogP contribution in [0.2, 0.25) is 0 Å². The van der Waals surface area contributed by atoms with Crippen molar-refractivity contribution in [3.8, 4) is 0 Å². The number of fused-ring (bicyclic) bond motifs is 1. The number of aromatic nitrogens is 3. The molecule has 2 heterocycles. The maximum Gasteiger partial charge on any atom is 0.243 e. The summed E-state index contributed by atoms with van der Waals surface area (Å²) in [5, 5.41) is 0.924. The molecule has 0 fully saturated rings. The zero-order chi connectivity index (χ0) is 17.9. The topological polar surface area (TPSA) is 79.0 Å². The van der Waals surface area contributed by atoms with Gasteiger partial charge in [-0.25, -0.2) is 18.4 Å². The Morgan fingerprint density at radius 2 is 1.96 bits per heavy atom. The van der Waals surface area contributed by atoms with Crippen molar-refractivity contribution in [2.75, 3.05) is 13.1 Å². The lowest BCUT2D eigenvalue weighted by atomic mass is 10.3. The molecule has 25 heavy (non-hydrogen) atoms. The van der Waals surface area contributed by atoms with Gasteiger partial charge in [-0.1, -0.05) is 31.7 Å². The molecule has 6 nitrogen and oxygen atoms in total. The Morgan fingerprint density at radius 3 is 2.64 bits per heavy atom. The summed E-state index contributed by atoms with van der Waals surface area (Å²) in [6.45, 7) is 4.57. The first-order valence-electron chi connectivity index (χ1n) is 8.07. The quantitative estimate of drug-likeness (QED) is 0.640. The van der Waals surface area contributed by atoms with Crippen molar-refractivity contribution in [1.82, 2.24) is 19.3 Å². The van der Waals surface area contributed by atoms with Gasteiger partial charge < -0.3 is 4.98 Å². The van der Waals surface area contributed by atoms with E-state index in [0.717, 1.165) is 21.9 Å². The average molecular weight is 377 g/mol. The fraction of sp³-hybridized carbons (Fsp3) is 0.294. The maximum absolute atomic E-state index is 12.6. The molecule has 1 N–H and O–H groups in total. The van der Waals surface area contributed by atoms with Crippen molar-refractivity contribution in [2.45, 2.75) is 29.5 Å². The third kappa shape index (κ3) is 3.86. The lowest BCUT2D eigenvalue weighted by Crippen LogP contribution is -2.30. The Hall–Kier alpha value is -1.90. The number of hydrogen-bond acceptors (Lipinski definition) is 5. The third-order valence-electron chi connectivity index (χ3n) is 3.84. The molecule has 0 radical (unpaired) electrons. The van der Waals surface area contributed by atoms with Gasteiger partial charge in [0.05, 0.1) is 26.7 Å². The molecule has 8 heteroatoms. The van der Waals surface area contributed by atoms with E-state index in [2.05, 4.69) is 15.0 Å². The van der Waals surface area contributed by atoms with Crippen molar-refractivity contribution >= 4 is 32.8 Å². The summed E-state index contributed by atoms with van der Waals surface area (Å²) in [5.41, 5.74) is 1.49. The van der Waals surface area contributed by atoms with Crippen LogP contribution in [0.25, 0.3) is 11.0 Å². The lowest BCUT2D eigenvalue weighted by molar-refractivity contribution is 0.445. The van der Waals surface area contributed by atoms with E-state index in [4.69, 9.17) is 0 Å². The molecule has 0 amide bonds. The summed E-state index contributed by atoms with van der Waals surface area (Å²) < 4.78 is 26.7. The summed E-state index contributed by atoms with van der Waals surface area (Å²) in [7, 11) is -3.47. The molecule has 2 aromatic heterocycles. The van der Waals surface area contributed by atoms with Gasteiger partial charge in [-0.2, -0.15) is 4.31 Å². The highest BCUT2D eigenvalue weighted by Gasteiger charge is 2.22. The molecule has 0 saturated heterocycles. The fourth-order valence-electron chi connectivity index (χ4n) is 2.56. The van der Waals surface area contributed by atoms with E-state index in [1.165, 1.54) is 4.31 Å². The SMILES string of the molecule is CCN(CC)S(=O)(=O)c1ccc2nc(CSc3ccccn3)[nH]c2c1. The lowest BCUT2D eigenvalue weighted by Gasteiger charge is -2.18. The number of aromatic amines is 1. The van der Waals surface area contributed by atoms with E-state index >= 15 is 0 Å². The molecule has 0 aliphatic heterocycles. The first-order valence-corrected chi connectivity index (χ1v) is 10.5. The van der Waals surface area contributed by atoms with Crippen molar-refractivity contribution < 1.29 is 8.42 Å². The minimum Gasteiger partial charge on any atom is -0.341 e. The van der Waals surface area contributed by atoms with Crippen LogP contribution < -0.4 is 0 Å². The Kier molecular flexibility index (Phi) is 5.41. The number of hydrogen-bond donors (Lipinski definition) is 1. The Morgan fingerprint density at radius 1 is 1.16 bits per heavy atom. The zero-order valence-electron chi connectivity index (χ0n) is 14.1. The van der Waals surface area contributed by atoms with E-state index in [0.29, 0.717) is 18.8 Å². The largest absolute Gasteiger partial charge is 0.341 e. The van der Waals surface area contributed by atoms with Crippen LogP contribution >= 0.6 is 11.8 Å². The van der Waals surface area contributed by atoms with Crippen LogP contribution in [0.15, 0.2) is 52.5 Å². The van der Waals surface area contributed by atoms with Crippen molar-refractivity contribution in [1.29, 1.82) is 0 Å². The highest BCUT2D eigenvalue weighted by Crippen LogP contribution is 2.23. The number of H-pyrrole nitrogens is 1. The second-order valence-corrected chi connectivity index (χ2v) is 8.34. The molecule has 0 unspecified atom stereocenters. The monoisotopic (exact) mass is 376 g/mol. The van der Waals surface area contributed by atoms with Crippen LogP contribution in [0.1, 0.15) is 19.7 Å². The normalized spacial score (nSPS) is 12.1. The number of rotatable bonds is 7. The highest BCUT2D eigenvalue weighted by molar-refractivity contribution is 7.98. The molecular formula is C17H20N4O2S2. The minimum atomic E-state index is -3.47. The second kappa shape index (κ2) is 7.55. The van der Waals surface area contributed by atoms with Gasteiger partial charge in [-0.05, 0) is 30.3 Å². The van der Waals surface area contributed by atoms with Crippen LogP contribution in [0.4, 0.5) is 0 Å². The molecular weight excluding hydrogens is 356 g/mol. The molecule has 1 aromatic carbocycles. The summed E-state index contributed by atoms with van der Waals surface area (Å²) in [6, 6.07) is 10.8. The smallest absolute Gasteiger partial charge is 0.243 e. The molecule has 3 rings (SSSR count). The van der Waals surface area contributed by atoms with Gasteiger partial charge in [-0.3, -0.25) is 0 Å². The first-order chi connectivity index (χ1) is 12.0. The van der Waals surface area contributed by atoms with E-state index < -0.39 is 10.0 Å². The number of nitrogens with zero attached hydrogens (tertiary/aromatic N) is 3. The van der Waals surface area contributed by atoms with Gasteiger partial charge in [0.15, 0.2) is 0 Å². The molecule has 0 bridgehead atoms. The highest BCUT2D eigenvalue weighted by atomic mass is 32.2. The third-order valence-corrected chi connectivity index (χ3v) is 6.84. The van der Waals surface area contributed by atoms with E-state index in [-0.39, 0.29) is 4.90 Å². The Labute approximate surface area is 151 Å². The molecule has 3 aromatic rings. The predicted molar refractivity (Wildman–Crippen MR) is 100.0 cm³/mol. The molecule has 0 spiro atoms. The first kappa shape index (κ1) is 17.9. The number of benzene rings is 1. The van der Waals surface area contributed by atoms with Crippen LogP contribution in [-0.2, 0) is 15.8 Å². The van der Waals surface area contributed by atoms with Gasteiger partial charge >= 0.3 is 0 Å². The van der Waals surface area contributed by atoms with Gasteiger partial charge in [0, 0.05) is 19.3 Å². The van der Waals surface area contributed by atoms with Crippen LogP contribution in [-0.4, -0.2) is 40.8 Å². The van der Waals surface area contributed by atoms with E-state index in [1.807, 2.05) is 32.0 Å². The maximum atomic E-state index is 12.6. The van der Waals surface area contributed by atoms with Gasteiger partial charge in [0.25, 0.3) is 0 Å². The van der Waals surface area contributed by atoms with Crippen molar-refractivity contribution in [3.63, 3.8) is 0 Å². The number of imidazole rings is 1. The van der Waals surface area contributed by atoms with Crippen LogP contribution in [0.5, 0.6) is 0 Å². The molecule has 0 saturated carbocycles. The number of thioether (sulfide) groups is 1. The Balaban J connectivity index is 1.84. The average Bonchev–Trinajstić information content (AvgIpc) is 3.04. The number of pyridine rings is 1. The summed E-state index contributed by atoms with van der Waals surface area (Å²) in [5.74, 6) is 1.44. The summed E-state index contributed by atoms with van der Waals surface area (Å²) >= 11 is 1.58. The Bertz CT molecular complexity index is 951. The fourth-order valence-corrected chi connectivity index (χ4v) is 4.77.